The van der Waals surface area contributed by atoms with Gasteiger partial charge in [-0.1, -0.05) is 127 Å². The van der Waals surface area contributed by atoms with Gasteiger partial charge in [-0.2, -0.15) is 0 Å². The summed E-state index contributed by atoms with van der Waals surface area (Å²) in [6.07, 6.45) is 16.8. The van der Waals surface area contributed by atoms with Gasteiger partial charge in [0, 0.05) is 37.6 Å². The van der Waals surface area contributed by atoms with Crippen molar-refractivity contribution < 1.29 is 67.2 Å². The SMILES string of the molecule is CCCCCCCCCc1ccccc1OC(OCC)(OCC)C(OCC)(OCC)c1c(C(=O)O)ccc(C(=O)O)c1C(OCC)(OCC)C(OCC)(OCC)Oc1ccccc1CCCCCCCCC. The average molecular weight is 1010 g/mol. The first-order chi connectivity index (χ1) is 34.9. The number of unbranched alkanes of at least 4 members (excludes halogenated alkanes) is 12. The van der Waals surface area contributed by atoms with Crippen molar-refractivity contribution in [1.82, 2.24) is 0 Å². The lowest BCUT2D eigenvalue weighted by molar-refractivity contribution is -0.491. The maximum atomic E-state index is 14.1. The predicted octanol–water partition coefficient (Wildman–Crippen LogP) is 13.7. The van der Waals surface area contributed by atoms with Crippen molar-refractivity contribution in [3.63, 3.8) is 0 Å². The Morgan fingerprint density at radius 3 is 0.931 bits per heavy atom. The quantitative estimate of drug-likeness (QED) is 0.0406. The van der Waals surface area contributed by atoms with Crippen molar-refractivity contribution in [2.24, 2.45) is 0 Å². The topological polar surface area (TPSA) is 167 Å². The minimum absolute atomic E-state index is 0.0687. The average Bonchev–Trinajstić information content (AvgIpc) is 3.36. The fourth-order valence-corrected chi connectivity index (χ4v) is 9.42. The van der Waals surface area contributed by atoms with Crippen molar-refractivity contribution >= 4 is 11.9 Å². The van der Waals surface area contributed by atoms with Crippen LogP contribution in [-0.2, 0) is 62.3 Å². The monoisotopic (exact) mass is 1010 g/mol. The van der Waals surface area contributed by atoms with Crippen LogP contribution in [0.25, 0.3) is 0 Å². The normalized spacial score (nSPS) is 12.4. The van der Waals surface area contributed by atoms with Gasteiger partial charge in [0.2, 0.25) is 0 Å². The van der Waals surface area contributed by atoms with E-state index in [0.717, 1.165) is 62.5 Å². The van der Waals surface area contributed by atoms with Gasteiger partial charge in [-0.25, -0.2) is 9.59 Å². The standard InChI is InChI=1S/C58H90O14/c1-11-21-23-25-27-29-31-37-45-39-33-35-41-49(45)71-57(67-17-7,68-18-8)55(63-13-3,64-14-4)51-47(53(59)60)43-44-48(54(61)62)52(51)56(65-15-5,66-16-6)58(69-19-9,70-20-10)72-50-42-36-34-40-46(50)38-32-30-28-26-24-22-12-2/h33-36,39-44H,11-32,37-38H2,1-10H3,(H,59,60)(H,61,62). The second-order valence-corrected chi connectivity index (χ2v) is 17.5. The van der Waals surface area contributed by atoms with E-state index in [2.05, 4.69) is 13.8 Å². The Morgan fingerprint density at radius 1 is 0.375 bits per heavy atom. The van der Waals surface area contributed by atoms with Crippen LogP contribution in [0.1, 0.15) is 202 Å². The second-order valence-electron chi connectivity index (χ2n) is 17.5. The number of aryl methyl sites for hydroxylation is 2. The number of ether oxygens (including phenoxy) is 10. The molecule has 0 heterocycles. The van der Waals surface area contributed by atoms with Crippen LogP contribution in [0.5, 0.6) is 11.5 Å². The first-order valence-corrected chi connectivity index (χ1v) is 27.2. The molecule has 0 saturated carbocycles. The number of carbonyl (C=O) groups is 2. The zero-order valence-corrected chi connectivity index (χ0v) is 45.5. The van der Waals surface area contributed by atoms with Crippen LogP contribution in [0.4, 0.5) is 0 Å². The Hall–Kier alpha value is -4.12. The molecular formula is C58H90O14. The third-order valence-corrected chi connectivity index (χ3v) is 12.4. The summed E-state index contributed by atoms with van der Waals surface area (Å²) in [6.45, 7) is 17.2. The zero-order chi connectivity index (χ0) is 52.9. The number of aromatic carboxylic acids is 2. The van der Waals surface area contributed by atoms with Crippen molar-refractivity contribution in [2.75, 3.05) is 52.9 Å². The van der Waals surface area contributed by atoms with Crippen LogP contribution in [0.15, 0.2) is 60.7 Å². The zero-order valence-electron chi connectivity index (χ0n) is 45.5. The van der Waals surface area contributed by atoms with E-state index in [0.29, 0.717) is 24.3 Å². The van der Waals surface area contributed by atoms with Gasteiger partial charge in [0.25, 0.3) is 11.6 Å². The summed E-state index contributed by atoms with van der Waals surface area (Å²) in [5.41, 5.74) is -0.0754. The number of carboxylic acid groups (broad SMARTS) is 2. The molecule has 0 aliphatic carbocycles. The van der Waals surface area contributed by atoms with E-state index < -0.39 is 57.7 Å². The molecule has 0 aliphatic rings. The molecule has 3 rings (SSSR count). The van der Waals surface area contributed by atoms with Gasteiger partial charge in [0.15, 0.2) is 0 Å². The van der Waals surface area contributed by atoms with Gasteiger partial charge in [0.1, 0.15) is 11.5 Å². The molecule has 0 spiro atoms. The molecule has 0 atom stereocenters. The number of hydrogen-bond donors (Lipinski definition) is 2. The molecule has 2 N–H and O–H groups in total. The van der Waals surface area contributed by atoms with E-state index in [1.165, 1.54) is 50.7 Å². The van der Waals surface area contributed by atoms with Gasteiger partial charge in [0.05, 0.1) is 37.6 Å². The molecule has 0 aliphatic heterocycles. The third kappa shape index (κ3) is 15.7. The van der Waals surface area contributed by atoms with E-state index in [-0.39, 0.29) is 52.9 Å². The third-order valence-electron chi connectivity index (χ3n) is 12.4. The summed E-state index contributed by atoms with van der Waals surface area (Å²) >= 11 is 0. The fourth-order valence-electron chi connectivity index (χ4n) is 9.42. The summed E-state index contributed by atoms with van der Waals surface area (Å²) in [7, 11) is 0. The van der Waals surface area contributed by atoms with Gasteiger partial charge < -0.3 is 57.6 Å². The summed E-state index contributed by atoms with van der Waals surface area (Å²) < 4.78 is 68.6. The lowest BCUT2D eigenvalue weighted by Crippen LogP contribution is -2.66. The van der Waals surface area contributed by atoms with Crippen LogP contribution < -0.4 is 9.47 Å². The minimum atomic E-state index is -2.60. The lowest BCUT2D eigenvalue weighted by Gasteiger charge is -2.51. The van der Waals surface area contributed by atoms with Gasteiger partial charge in [-0.05, 0) is 116 Å². The Morgan fingerprint density at radius 2 is 0.653 bits per heavy atom. The molecule has 3 aromatic rings. The summed E-state index contributed by atoms with van der Waals surface area (Å²) in [5.74, 6) is -12.4. The molecule has 72 heavy (non-hydrogen) atoms. The molecule has 0 saturated heterocycles. The maximum absolute atomic E-state index is 14.1. The van der Waals surface area contributed by atoms with Crippen LogP contribution in [0, 0.1) is 0 Å². The lowest BCUT2D eigenvalue weighted by atomic mass is 9.82. The molecule has 0 unspecified atom stereocenters. The summed E-state index contributed by atoms with van der Waals surface area (Å²) in [5, 5.41) is 23.0. The number of para-hydroxylation sites is 2. The molecule has 14 heteroatoms. The van der Waals surface area contributed by atoms with Crippen molar-refractivity contribution in [3.05, 3.63) is 94.0 Å². The van der Waals surface area contributed by atoms with Gasteiger partial charge in [-0.3, -0.25) is 0 Å². The molecule has 0 aromatic heterocycles. The first-order valence-electron chi connectivity index (χ1n) is 27.2. The highest BCUT2D eigenvalue weighted by molar-refractivity contribution is 5.96. The van der Waals surface area contributed by atoms with E-state index in [1.807, 2.05) is 36.4 Å². The van der Waals surface area contributed by atoms with Crippen molar-refractivity contribution in [2.45, 2.75) is 195 Å². The Labute approximate surface area is 431 Å². The van der Waals surface area contributed by atoms with E-state index in [4.69, 9.17) is 47.4 Å². The highest BCUT2D eigenvalue weighted by Gasteiger charge is 2.70. The highest BCUT2D eigenvalue weighted by Crippen LogP contribution is 2.54. The molecule has 0 radical (unpaired) electrons. The Balaban J connectivity index is 2.61. The van der Waals surface area contributed by atoms with Crippen molar-refractivity contribution in [3.8, 4) is 11.5 Å². The molecule has 406 valence electrons. The number of carboxylic acids is 2. The van der Waals surface area contributed by atoms with Gasteiger partial charge in [-0.15, -0.1) is 0 Å². The van der Waals surface area contributed by atoms with Crippen LogP contribution in [0.2, 0.25) is 0 Å². The summed E-state index contributed by atoms with van der Waals surface area (Å²) in [4.78, 5) is 28.2. The largest absolute Gasteiger partial charge is 0.478 e. The Kier molecular flexibility index (Phi) is 28.4. The van der Waals surface area contributed by atoms with E-state index >= 15 is 0 Å². The first kappa shape index (κ1) is 62.2. The number of rotatable bonds is 42. The van der Waals surface area contributed by atoms with Crippen LogP contribution in [0.3, 0.4) is 0 Å². The van der Waals surface area contributed by atoms with E-state index in [9.17, 15) is 19.8 Å². The molecule has 0 amide bonds. The fraction of sp³-hybridized carbons (Fsp3) is 0.655. The minimum Gasteiger partial charge on any atom is -0.478 e. The number of benzene rings is 3. The molecule has 0 bridgehead atoms. The van der Waals surface area contributed by atoms with Crippen LogP contribution >= 0.6 is 0 Å². The molecular weight excluding hydrogens is 921 g/mol. The predicted molar refractivity (Wildman–Crippen MR) is 280 cm³/mol. The van der Waals surface area contributed by atoms with Crippen molar-refractivity contribution in [1.29, 1.82) is 0 Å². The molecule has 0 fully saturated rings. The maximum Gasteiger partial charge on any atom is 0.389 e. The smallest absolute Gasteiger partial charge is 0.389 e. The van der Waals surface area contributed by atoms with Crippen LogP contribution in [-0.4, -0.2) is 87.0 Å². The van der Waals surface area contributed by atoms with Gasteiger partial charge >= 0.3 is 23.9 Å². The number of hydrogen-bond acceptors (Lipinski definition) is 12. The summed E-state index contributed by atoms with van der Waals surface area (Å²) in [6, 6.07) is 17.4. The molecule has 3 aromatic carbocycles. The molecule has 14 nitrogen and oxygen atoms in total. The van der Waals surface area contributed by atoms with E-state index in [1.54, 1.807) is 67.5 Å². The Bertz CT molecular complexity index is 1840. The highest BCUT2D eigenvalue weighted by atomic mass is 16.9. The second kappa shape index (κ2) is 32.9.